The van der Waals surface area contributed by atoms with Crippen molar-refractivity contribution in [3.63, 3.8) is 0 Å². The summed E-state index contributed by atoms with van der Waals surface area (Å²) in [7, 11) is 0. The van der Waals surface area contributed by atoms with Crippen molar-refractivity contribution in [1.29, 1.82) is 0 Å². The van der Waals surface area contributed by atoms with E-state index in [4.69, 9.17) is 10.5 Å². The number of carbonyl (C=O) groups excluding carboxylic acids is 1. The topological polar surface area (TPSA) is 91.0 Å². The van der Waals surface area contributed by atoms with E-state index < -0.39 is 5.97 Å². The van der Waals surface area contributed by atoms with Gasteiger partial charge in [0.15, 0.2) is 10.7 Å². The van der Waals surface area contributed by atoms with Gasteiger partial charge in [-0.25, -0.2) is 19.7 Å². The smallest absolute Gasteiger partial charge is 0.357 e. The number of thiazole rings is 1. The molecule has 19 heavy (non-hydrogen) atoms. The van der Waals surface area contributed by atoms with Gasteiger partial charge in [0, 0.05) is 17.8 Å². The van der Waals surface area contributed by atoms with Crippen LogP contribution < -0.4 is 5.73 Å². The summed E-state index contributed by atoms with van der Waals surface area (Å²) in [6.07, 6.45) is 3.05. The highest BCUT2D eigenvalue weighted by Gasteiger charge is 2.10. The summed E-state index contributed by atoms with van der Waals surface area (Å²) >= 11 is 1.28. The fourth-order valence-corrected chi connectivity index (χ4v) is 1.79. The Morgan fingerprint density at radius 1 is 1.42 bits per heavy atom. The molecule has 2 aromatic heterocycles. The maximum Gasteiger partial charge on any atom is 0.357 e. The van der Waals surface area contributed by atoms with E-state index in [0.29, 0.717) is 17.2 Å². The first-order valence-corrected chi connectivity index (χ1v) is 6.29. The molecule has 0 bridgehead atoms. The van der Waals surface area contributed by atoms with Crippen molar-refractivity contribution in [1.82, 2.24) is 15.0 Å². The van der Waals surface area contributed by atoms with Crippen LogP contribution in [0.5, 0.6) is 0 Å². The predicted octanol–water partition coefficient (Wildman–Crippen LogP) is 1.09. The van der Waals surface area contributed by atoms with E-state index in [1.54, 1.807) is 12.3 Å². The van der Waals surface area contributed by atoms with Crippen LogP contribution in [0, 0.1) is 11.8 Å². The average molecular weight is 274 g/mol. The first-order valence-electron chi connectivity index (χ1n) is 5.41. The molecule has 2 heterocycles. The lowest BCUT2D eigenvalue weighted by atomic mass is 10.3. The number of hydrogen-bond acceptors (Lipinski definition) is 7. The molecular formula is C12H10N4O2S. The van der Waals surface area contributed by atoms with Gasteiger partial charge in [-0.3, -0.25) is 0 Å². The molecule has 0 saturated carbocycles. The summed E-state index contributed by atoms with van der Waals surface area (Å²) in [5.74, 6) is 5.42. The van der Waals surface area contributed by atoms with Gasteiger partial charge in [-0.15, -0.1) is 11.3 Å². The maximum atomic E-state index is 11.4. The largest absolute Gasteiger partial charge is 0.461 e. The molecule has 2 aromatic rings. The first kappa shape index (κ1) is 13.0. The third kappa shape index (κ3) is 3.50. The zero-order chi connectivity index (χ0) is 13.7. The molecule has 2 rings (SSSR count). The van der Waals surface area contributed by atoms with Crippen LogP contribution >= 0.6 is 11.3 Å². The number of esters is 1. The third-order valence-corrected chi connectivity index (χ3v) is 2.73. The van der Waals surface area contributed by atoms with Crippen LogP contribution in [0.1, 0.15) is 28.0 Å². The number of anilines is 1. The number of ether oxygens (including phenoxy) is 1. The van der Waals surface area contributed by atoms with Crippen molar-refractivity contribution in [3.8, 4) is 11.8 Å². The van der Waals surface area contributed by atoms with Gasteiger partial charge in [-0.1, -0.05) is 5.92 Å². The zero-order valence-corrected chi connectivity index (χ0v) is 10.9. The molecule has 0 aliphatic carbocycles. The van der Waals surface area contributed by atoms with Gasteiger partial charge in [0.05, 0.1) is 12.2 Å². The van der Waals surface area contributed by atoms with Crippen molar-refractivity contribution in [3.05, 3.63) is 34.0 Å². The van der Waals surface area contributed by atoms with Crippen LogP contribution in [0.4, 0.5) is 5.95 Å². The van der Waals surface area contributed by atoms with E-state index in [1.807, 2.05) is 0 Å². The Morgan fingerprint density at radius 2 is 2.16 bits per heavy atom. The maximum absolute atomic E-state index is 11.4. The van der Waals surface area contributed by atoms with Crippen molar-refractivity contribution < 1.29 is 9.53 Å². The Labute approximate surface area is 113 Å². The Bertz CT molecular complexity index is 640. The third-order valence-electron chi connectivity index (χ3n) is 1.97. The number of rotatable bonds is 2. The highest BCUT2D eigenvalue weighted by Crippen LogP contribution is 2.09. The monoisotopic (exact) mass is 274 g/mol. The van der Waals surface area contributed by atoms with Gasteiger partial charge in [-0.05, 0) is 12.8 Å². The Hall–Kier alpha value is -2.46. The van der Waals surface area contributed by atoms with Crippen LogP contribution in [-0.2, 0) is 4.74 Å². The van der Waals surface area contributed by atoms with Crippen LogP contribution in [0.2, 0.25) is 0 Å². The summed E-state index contributed by atoms with van der Waals surface area (Å²) in [4.78, 5) is 23.1. The lowest BCUT2D eigenvalue weighted by Crippen LogP contribution is -2.04. The zero-order valence-electron chi connectivity index (χ0n) is 10.1. The average Bonchev–Trinajstić information content (AvgIpc) is 2.87. The first-order chi connectivity index (χ1) is 9.19. The molecule has 0 amide bonds. The second-order valence-electron chi connectivity index (χ2n) is 3.34. The van der Waals surface area contributed by atoms with E-state index >= 15 is 0 Å². The summed E-state index contributed by atoms with van der Waals surface area (Å²) < 4.78 is 4.84. The molecule has 0 fully saturated rings. The molecule has 0 radical (unpaired) electrons. The molecule has 0 spiro atoms. The van der Waals surface area contributed by atoms with E-state index in [-0.39, 0.29) is 11.6 Å². The Morgan fingerprint density at radius 3 is 2.84 bits per heavy atom. The molecule has 0 saturated heterocycles. The van der Waals surface area contributed by atoms with E-state index in [0.717, 1.165) is 0 Å². The van der Waals surface area contributed by atoms with Crippen LogP contribution in [0.15, 0.2) is 17.8 Å². The van der Waals surface area contributed by atoms with Gasteiger partial charge in [0.25, 0.3) is 0 Å². The Balaban J connectivity index is 2.12. The van der Waals surface area contributed by atoms with Gasteiger partial charge < -0.3 is 10.5 Å². The molecule has 6 nitrogen and oxygen atoms in total. The van der Waals surface area contributed by atoms with Gasteiger partial charge >= 0.3 is 5.97 Å². The standard InChI is InChI=1S/C12H10N4O2S/c1-2-18-11(17)9-7-19-10(16-9)4-3-8-5-14-12(13)15-6-8/h5-7H,2H2,1H3,(H2,13,14,15). The molecule has 0 atom stereocenters. The second kappa shape index (κ2) is 5.93. The molecule has 0 unspecified atom stereocenters. The van der Waals surface area contributed by atoms with E-state index in [1.165, 1.54) is 23.7 Å². The number of nitrogens with two attached hydrogens (primary N) is 1. The Kier molecular flexibility index (Phi) is 4.05. The molecule has 7 heteroatoms. The van der Waals surface area contributed by atoms with Crippen LogP contribution in [0.25, 0.3) is 0 Å². The van der Waals surface area contributed by atoms with Crippen LogP contribution in [-0.4, -0.2) is 27.5 Å². The van der Waals surface area contributed by atoms with Crippen molar-refractivity contribution in [2.75, 3.05) is 12.3 Å². The summed E-state index contributed by atoms with van der Waals surface area (Å²) in [5, 5.41) is 2.14. The number of hydrogen-bond donors (Lipinski definition) is 1. The molecule has 2 N–H and O–H groups in total. The molecule has 0 aliphatic heterocycles. The van der Waals surface area contributed by atoms with E-state index in [2.05, 4.69) is 26.8 Å². The van der Waals surface area contributed by atoms with Gasteiger partial charge in [0.1, 0.15) is 0 Å². The molecule has 0 aromatic carbocycles. The fourth-order valence-electron chi connectivity index (χ4n) is 1.16. The number of aromatic nitrogens is 3. The minimum Gasteiger partial charge on any atom is -0.461 e. The summed E-state index contributed by atoms with van der Waals surface area (Å²) in [6.45, 7) is 2.06. The summed E-state index contributed by atoms with van der Waals surface area (Å²) in [6, 6.07) is 0. The highest BCUT2D eigenvalue weighted by atomic mass is 32.1. The summed E-state index contributed by atoms with van der Waals surface area (Å²) in [5.41, 5.74) is 6.26. The quantitative estimate of drug-likeness (QED) is 0.651. The SMILES string of the molecule is CCOC(=O)c1csc(C#Cc2cnc(N)nc2)n1. The molecule has 96 valence electrons. The van der Waals surface area contributed by atoms with Crippen molar-refractivity contribution in [2.45, 2.75) is 6.92 Å². The number of nitrogen functional groups attached to an aromatic ring is 1. The van der Waals surface area contributed by atoms with Crippen molar-refractivity contribution >= 4 is 23.3 Å². The van der Waals surface area contributed by atoms with Crippen LogP contribution in [0.3, 0.4) is 0 Å². The van der Waals surface area contributed by atoms with Crippen molar-refractivity contribution in [2.24, 2.45) is 0 Å². The lowest BCUT2D eigenvalue weighted by Gasteiger charge is -1.95. The lowest BCUT2D eigenvalue weighted by molar-refractivity contribution is 0.0520. The second-order valence-corrected chi connectivity index (χ2v) is 4.20. The highest BCUT2D eigenvalue weighted by molar-refractivity contribution is 7.10. The fraction of sp³-hybridized carbons (Fsp3) is 0.167. The molecular weight excluding hydrogens is 264 g/mol. The number of nitrogens with zero attached hydrogens (tertiary/aromatic N) is 3. The number of carbonyl (C=O) groups is 1. The predicted molar refractivity (Wildman–Crippen MR) is 70.5 cm³/mol. The molecule has 0 aliphatic rings. The minimum absolute atomic E-state index is 0.199. The van der Waals surface area contributed by atoms with Gasteiger partial charge in [0.2, 0.25) is 5.95 Å². The van der Waals surface area contributed by atoms with E-state index in [9.17, 15) is 4.79 Å². The van der Waals surface area contributed by atoms with Gasteiger partial charge in [-0.2, -0.15) is 0 Å². The normalized spacial score (nSPS) is 9.53. The minimum atomic E-state index is -0.442.